The first-order chi connectivity index (χ1) is 18.1. The lowest BCUT2D eigenvalue weighted by Gasteiger charge is -2.23. The molecule has 1 aromatic carbocycles. The number of methoxy groups -OCH3 is 1. The Bertz CT molecular complexity index is 1120. The van der Waals surface area contributed by atoms with Crippen molar-refractivity contribution in [3.63, 3.8) is 0 Å². The van der Waals surface area contributed by atoms with E-state index in [2.05, 4.69) is 17.3 Å². The van der Waals surface area contributed by atoms with Gasteiger partial charge in [-0.2, -0.15) is 21.6 Å². The van der Waals surface area contributed by atoms with Crippen LogP contribution in [0, 0.1) is 5.92 Å². The van der Waals surface area contributed by atoms with Gasteiger partial charge in [0.25, 0.3) is 6.47 Å². The van der Waals surface area contributed by atoms with Crippen LogP contribution in [-0.2, 0) is 28.6 Å². The maximum absolute atomic E-state index is 13.0. The highest BCUT2D eigenvalue weighted by Crippen LogP contribution is 2.39. The Morgan fingerprint density at radius 3 is 2.18 bits per heavy atom. The molecule has 1 aromatic rings. The Hall–Kier alpha value is -3.32. The average molecular weight is 581 g/mol. The third-order valence-corrected chi connectivity index (χ3v) is 5.56. The van der Waals surface area contributed by atoms with Gasteiger partial charge in [0.2, 0.25) is 0 Å². The van der Waals surface area contributed by atoms with Crippen LogP contribution in [-0.4, -0.2) is 53.8 Å². The predicted octanol–water partition coefficient (Wildman–Crippen LogP) is 5.68. The number of rotatable bonds is 14. The van der Waals surface area contributed by atoms with E-state index in [0.717, 1.165) is 5.57 Å². The van der Waals surface area contributed by atoms with E-state index in [1.54, 1.807) is 18.2 Å². The highest BCUT2D eigenvalue weighted by Gasteiger charge is 2.46. The molecule has 0 radical (unpaired) electrons. The molecule has 13 heteroatoms. The Labute approximate surface area is 227 Å². The lowest BCUT2D eigenvalue weighted by Crippen LogP contribution is -2.23. The minimum atomic E-state index is -5.34. The number of carbonyl (C=O) groups excluding carboxylic acids is 2. The monoisotopic (exact) mass is 580 g/mol. The molecule has 0 N–H and O–H groups in total. The fourth-order valence-corrected chi connectivity index (χ4v) is 3.23. The minimum absolute atomic E-state index is 0.0263. The van der Waals surface area contributed by atoms with Crippen LogP contribution in [0.3, 0.4) is 0 Å². The molecule has 0 aliphatic carbocycles. The lowest BCUT2D eigenvalue weighted by atomic mass is 9.96. The Kier molecular flexibility index (Phi) is 15.2. The van der Waals surface area contributed by atoms with Crippen LogP contribution in [0.4, 0.5) is 13.2 Å². The summed E-state index contributed by atoms with van der Waals surface area (Å²) in [6.07, 6.45) is 3.40. The van der Waals surface area contributed by atoms with Crippen molar-refractivity contribution in [1.82, 2.24) is 0 Å². The normalized spacial score (nSPS) is 11.8. The Morgan fingerprint density at radius 2 is 1.77 bits per heavy atom. The van der Waals surface area contributed by atoms with Gasteiger partial charge in [-0.15, -0.1) is 0 Å². The zero-order chi connectivity index (χ0) is 30.4. The minimum Gasteiger partial charge on any atom is -0.495 e. The van der Waals surface area contributed by atoms with E-state index < -0.39 is 27.7 Å². The van der Waals surface area contributed by atoms with Crippen molar-refractivity contribution in [2.45, 2.75) is 45.7 Å². The second-order valence-electron chi connectivity index (χ2n) is 8.53. The molecule has 0 aliphatic heterocycles. The number of hydrogen-bond acceptors (Lipinski definition) is 9. The van der Waals surface area contributed by atoms with Gasteiger partial charge in [0.15, 0.2) is 0 Å². The van der Waals surface area contributed by atoms with Crippen LogP contribution in [0.5, 0.6) is 11.5 Å². The molecule has 0 spiro atoms. The van der Waals surface area contributed by atoms with Gasteiger partial charge in [-0.25, -0.2) is 4.79 Å². The number of hydrogen-bond donors (Lipinski definition) is 0. The highest BCUT2D eigenvalue weighted by molar-refractivity contribution is 7.87. The molecule has 0 aromatic heterocycles. The van der Waals surface area contributed by atoms with Crippen LogP contribution in [0.2, 0.25) is 0 Å². The zero-order valence-corrected chi connectivity index (χ0v) is 23.6. The van der Waals surface area contributed by atoms with Crippen molar-refractivity contribution in [2.24, 2.45) is 5.92 Å². The fourth-order valence-electron chi connectivity index (χ4n) is 3.04. The number of carbonyl (C=O) groups is 2. The molecular formula is C26H35F3O9S. The van der Waals surface area contributed by atoms with Crippen molar-refractivity contribution in [3.8, 4) is 11.5 Å². The van der Waals surface area contributed by atoms with Crippen molar-refractivity contribution in [1.29, 1.82) is 0 Å². The van der Waals surface area contributed by atoms with E-state index in [4.69, 9.17) is 18.9 Å². The molecule has 39 heavy (non-hydrogen) atoms. The van der Waals surface area contributed by atoms with E-state index in [1.807, 2.05) is 33.8 Å². The summed E-state index contributed by atoms with van der Waals surface area (Å²) >= 11 is 0. The van der Waals surface area contributed by atoms with Crippen molar-refractivity contribution in [2.75, 3.05) is 27.4 Å². The molecule has 1 atom stereocenters. The van der Waals surface area contributed by atoms with Gasteiger partial charge in [0, 0.05) is 5.56 Å². The van der Waals surface area contributed by atoms with E-state index in [0.29, 0.717) is 36.9 Å². The van der Waals surface area contributed by atoms with Gasteiger partial charge in [0.1, 0.15) is 36.4 Å². The molecule has 0 heterocycles. The van der Waals surface area contributed by atoms with Crippen LogP contribution in [0.1, 0.15) is 56.1 Å². The van der Waals surface area contributed by atoms with Crippen LogP contribution in [0.15, 0.2) is 48.6 Å². The standard InChI is InChI=1S/C24H32O6.C2H3F3O3S/c1-8-11-28-20-10-9-19(21(30-15-25)13-17(4)5)23(27-7)22(20)24(26)29-14-18(6)12-16(2)3;1-8-9(6,7)2(3,4)5/h8-10,12,15,17,21H,1,6,11,13-14H2,2-5,7H3;1H3. The summed E-state index contributed by atoms with van der Waals surface area (Å²) in [6, 6.07) is 3.37. The summed E-state index contributed by atoms with van der Waals surface area (Å²) in [7, 11) is -3.44. The van der Waals surface area contributed by atoms with Gasteiger partial charge < -0.3 is 18.9 Å². The summed E-state index contributed by atoms with van der Waals surface area (Å²) in [4.78, 5) is 24.0. The number of ether oxygens (including phenoxy) is 4. The van der Waals surface area contributed by atoms with Gasteiger partial charge in [0.05, 0.1) is 14.2 Å². The van der Waals surface area contributed by atoms with Crippen LogP contribution >= 0.6 is 0 Å². The first-order valence-corrected chi connectivity index (χ1v) is 12.9. The molecule has 0 saturated carbocycles. The molecule has 9 nitrogen and oxygen atoms in total. The van der Waals surface area contributed by atoms with Crippen LogP contribution in [0.25, 0.3) is 0 Å². The summed E-state index contributed by atoms with van der Waals surface area (Å²) < 4.78 is 77.8. The smallest absolute Gasteiger partial charge is 0.495 e. The Morgan fingerprint density at radius 1 is 1.15 bits per heavy atom. The molecule has 0 aliphatic rings. The third-order valence-electron chi connectivity index (χ3n) is 4.55. The molecule has 0 amide bonds. The molecule has 0 fully saturated rings. The molecule has 1 unspecified atom stereocenters. The number of benzene rings is 1. The number of allylic oxidation sites excluding steroid dienone is 1. The first-order valence-electron chi connectivity index (χ1n) is 11.5. The topological polar surface area (TPSA) is 114 Å². The average Bonchev–Trinajstić information content (AvgIpc) is 2.84. The van der Waals surface area contributed by atoms with Gasteiger partial charge in [-0.1, -0.05) is 44.7 Å². The summed E-state index contributed by atoms with van der Waals surface area (Å²) in [5.74, 6) is 0.175. The van der Waals surface area contributed by atoms with Gasteiger partial charge >= 0.3 is 21.6 Å². The van der Waals surface area contributed by atoms with E-state index in [-0.39, 0.29) is 30.4 Å². The van der Waals surface area contributed by atoms with E-state index in [1.165, 1.54) is 7.11 Å². The first kappa shape index (κ1) is 35.7. The number of alkyl halides is 3. The van der Waals surface area contributed by atoms with Crippen molar-refractivity contribution < 1.29 is 54.3 Å². The van der Waals surface area contributed by atoms with Crippen molar-refractivity contribution in [3.05, 3.63) is 59.7 Å². The molecule has 0 bridgehead atoms. The lowest BCUT2D eigenvalue weighted by molar-refractivity contribution is -0.134. The molecule has 220 valence electrons. The quantitative estimate of drug-likeness (QED) is 0.0684. The molecule has 1 rings (SSSR count). The van der Waals surface area contributed by atoms with Gasteiger partial charge in [-0.05, 0) is 43.9 Å². The second kappa shape index (κ2) is 16.6. The Balaban J connectivity index is 0.00000137. The van der Waals surface area contributed by atoms with E-state index >= 15 is 0 Å². The summed E-state index contributed by atoms with van der Waals surface area (Å²) in [6.45, 7) is 16.0. The zero-order valence-electron chi connectivity index (χ0n) is 22.8. The number of esters is 1. The molecule has 0 saturated heterocycles. The van der Waals surface area contributed by atoms with Gasteiger partial charge in [-0.3, -0.25) is 8.98 Å². The third kappa shape index (κ3) is 11.9. The summed E-state index contributed by atoms with van der Waals surface area (Å²) in [5, 5.41) is 0. The maximum atomic E-state index is 13.0. The van der Waals surface area contributed by atoms with E-state index in [9.17, 15) is 31.2 Å². The van der Waals surface area contributed by atoms with Crippen molar-refractivity contribution >= 4 is 22.6 Å². The largest absolute Gasteiger partial charge is 0.523 e. The fraction of sp³-hybridized carbons (Fsp3) is 0.462. The van der Waals surface area contributed by atoms with Crippen LogP contribution < -0.4 is 9.47 Å². The molecular weight excluding hydrogens is 545 g/mol. The second-order valence-corrected chi connectivity index (χ2v) is 10.2. The summed E-state index contributed by atoms with van der Waals surface area (Å²) in [5.41, 5.74) is -2.89. The maximum Gasteiger partial charge on any atom is 0.523 e. The highest BCUT2D eigenvalue weighted by atomic mass is 32.2. The number of halogens is 3. The SMILES string of the molecule is C=CCOc1ccc(C(CC(C)C)OC=O)c(OC)c1C(=O)OCC(=C)C=C(C)C.COS(=O)(=O)C(F)(F)F. The predicted molar refractivity (Wildman–Crippen MR) is 139 cm³/mol.